The number of hydrogen-bond donors (Lipinski definition) is 1. The van der Waals surface area contributed by atoms with Gasteiger partial charge in [0.15, 0.2) is 0 Å². The highest BCUT2D eigenvalue weighted by Crippen LogP contribution is 2.29. The number of primary sulfonamides is 1. The number of carbonyl (C=O) groups excluding carboxylic acids is 1. The van der Waals surface area contributed by atoms with Crippen LogP contribution in [0.2, 0.25) is 5.02 Å². The molecule has 2 rings (SSSR count). The minimum atomic E-state index is -3.88. The van der Waals surface area contributed by atoms with Gasteiger partial charge in [-0.3, -0.25) is 4.79 Å². The van der Waals surface area contributed by atoms with E-state index in [-0.39, 0.29) is 27.4 Å². The van der Waals surface area contributed by atoms with Gasteiger partial charge in [-0.25, -0.2) is 13.6 Å². The molecule has 0 atom stereocenters. The normalized spacial score (nSPS) is 15.4. The largest absolute Gasteiger partial charge is 0.339 e. The van der Waals surface area contributed by atoms with Crippen LogP contribution in [0.25, 0.3) is 0 Å². The van der Waals surface area contributed by atoms with E-state index < -0.39 is 10.0 Å². The molecular formula is C12H15ClN2O3S. The second-order valence-electron chi connectivity index (χ2n) is 4.77. The first-order chi connectivity index (χ1) is 8.71. The molecular weight excluding hydrogens is 288 g/mol. The van der Waals surface area contributed by atoms with Crippen molar-refractivity contribution in [3.63, 3.8) is 0 Å². The van der Waals surface area contributed by atoms with Crippen LogP contribution in [0.5, 0.6) is 0 Å². The molecule has 1 aliphatic carbocycles. The van der Waals surface area contributed by atoms with Crippen molar-refractivity contribution in [3.8, 4) is 0 Å². The van der Waals surface area contributed by atoms with E-state index in [9.17, 15) is 13.2 Å². The molecule has 1 fully saturated rings. The van der Waals surface area contributed by atoms with Gasteiger partial charge in [0.1, 0.15) is 0 Å². The molecule has 19 heavy (non-hydrogen) atoms. The van der Waals surface area contributed by atoms with Gasteiger partial charge in [0.25, 0.3) is 5.91 Å². The van der Waals surface area contributed by atoms with E-state index in [2.05, 4.69) is 0 Å². The number of halogens is 1. The van der Waals surface area contributed by atoms with Gasteiger partial charge in [0, 0.05) is 23.7 Å². The minimum Gasteiger partial charge on any atom is -0.339 e. The van der Waals surface area contributed by atoms with Gasteiger partial charge in [-0.1, -0.05) is 11.6 Å². The first-order valence-electron chi connectivity index (χ1n) is 5.82. The number of carbonyl (C=O) groups is 1. The van der Waals surface area contributed by atoms with Crippen molar-refractivity contribution in [1.29, 1.82) is 0 Å². The summed E-state index contributed by atoms with van der Waals surface area (Å²) in [7, 11) is -2.18. The molecule has 0 aromatic heterocycles. The SMILES string of the molecule is Cc1c(Cl)cc(S(N)(=O)=O)cc1C(=O)N(C)C1CC1. The van der Waals surface area contributed by atoms with Crippen LogP contribution in [0.4, 0.5) is 0 Å². The third kappa shape index (κ3) is 2.91. The number of nitrogens with two attached hydrogens (primary N) is 1. The van der Waals surface area contributed by atoms with Crippen molar-refractivity contribution < 1.29 is 13.2 Å². The van der Waals surface area contributed by atoms with Crippen LogP contribution >= 0.6 is 11.6 Å². The number of rotatable bonds is 3. The summed E-state index contributed by atoms with van der Waals surface area (Å²) in [5.41, 5.74) is 0.845. The Morgan fingerprint density at radius 2 is 2.00 bits per heavy atom. The summed E-state index contributed by atoms with van der Waals surface area (Å²) in [6, 6.07) is 2.79. The van der Waals surface area contributed by atoms with Crippen molar-refractivity contribution in [2.45, 2.75) is 30.7 Å². The Morgan fingerprint density at radius 1 is 1.42 bits per heavy atom. The molecule has 1 aromatic rings. The molecule has 2 N–H and O–H groups in total. The Hall–Kier alpha value is -1.11. The maximum atomic E-state index is 12.3. The lowest BCUT2D eigenvalue weighted by Gasteiger charge is -2.18. The zero-order valence-electron chi connectivity index (χ0n) is 10.7. The summed E-state index contributed by atoms with van der Waals surface area (Å²) in [5, 5.41) is 5.30. The van der Waals surface area contributed by atoms with Crippen LogP contribution in [-0.4, -0.2) is 32.3 Å². The third-order valence-electron chi connectivity index (χ3n) is 3.29. The lowest BCUT2D eigenvalue weighted by Crippen LogP contribution is -2.29. The standard InChI is InChI=1S/C12H15ClN2O3S/c1-7-10(12(16)15(2)8-3-4-8)5-9(6-11(7)13)19(14,17)18/h5-6,8H,3-4H2,1-2H3,(H2,14,17,18). The van der Waals surface area contributed by atoms with Gasteiger partial charge in [-0.2, -0.15) is 0 Å². The summed E-state index contributed by atoms with van der Waals surface area (Å²) >= 11 is 5.98. The van der Waals surface area contributed by atoms with Crippen LogP contribution in [0.3, 0.4) is 0 Å². The molecule has 0 saturated heterocycles. The summed E-state index contributed by atoms with van der Waals surface area (Å²) in [6.07, 6.45) is 1.95. The fraction of sp³-hybridized carbons (Fsp3) is 0.417. The topological polar surface area (TPSA) is 80.5 Å². The molecule has 1 saturated carbocycles. The van der Waals surface area contributed by atoms with E-state index in [1.807, 2.05) is 0 Å². The maximum Gasteiger partial charge on any atom is 0.254 e. The summed E-state index contributed by atoms with van der Waals surface area (Å²) in [4.78, 5) is 13.8. The molecule has 0 radical (unpaired) electrons. The van der Waals surface area contributed by atoms with Crippen LogP contribution < -0.4 is 5.14 Å². The van der Waals surface area contributed by atoms with E-state index in [0.29, 0.717) is 5.56 Å². The Labute approximate surface area is 117 Å². The summed E-state index contributed by atoms with van der Waals surface area (Å²) in [5.74, 6) is -0.229. The van der Waals surface area contributed by atoms with Crippen LogP contribution in [0, 0.1) is 6.92 Å². The highest BCUT2D eigenvalue weighted by molar-refractivity contribution is 7.89. The lowest BCUT2D eigenvalue weighted by atomic mass is 10.1. The molecule has 5 nitrogen and oxygen atoms in total. The molecule has 0 heterocycles. The van der Waals surface area contributed by atoms with Gasteiger partial charge >= 0.3 is 0 Å². The number of amides is 1. The molecule has 7 heteroatoms. The van der Waals surface area contributed by atoms with E-state index in [0.717, 1.165) is 12.8 Å². The highest BCUT2D eigenvalue weighted by atomic mass is 35.5. The Balaban J connectivity index is 2.49. The van der Waals surface area contributed by atoms with Crippen LogP contribution in [0.1, 0.15) is 28.8 Å². The molecule has 0 bridgehead atoms. The molecule has 0 spiro atoms. The van der Waals surface area contributed by atoms with Gasteiger partial charge in [-0.05, 0) is 37.5 Å². The van der Waals surface area contributed by atoms with Crippen LogP contribution in [0.15, 0.2) is 17.0 Å². The highest BCUT2D eigenvalue weighted by Gasteiger charge is 2.31. The van der Waals surface area contributed by atoms with Crippen molar-refractivity contribution in [3.05, 3.63) is 28.3 Å². The molecule has 0 unspecified atom stereocenters. The first kappa shape index (κ1) is 14.3. The lowest BCUT2D eigenvalue weighted by molar-refractivity contribution is 0.0784. The Morgan fingerprint density at radius 3 is 2.47 bits per heavy atom. The van der Waals surface area contributed by atoms with E-state index >= 15 is 0 Å². The summed E-state index contributed by atoms with van der Waals surface area (Å²) in [6.45, 7) is 1.68. The van der Waals surface area contributed by atoms with E-state index in [4.69, 9.17) is 16.7 Å². The number of hydrogen-bond acceptors (Lipinski definition) is 3. The number of nitrogens with zero attached hydrogens (tertiary/aromatic N) is 1. The van der Waals surface area contributed by atoms with Crippen molar-refractivity contribution >= 4 is 27.5 Å². The molecule has 104 valence electrons. The second kappa shape index (κ2) is 4.77. The van der Waals surface area contributed by atoms with Gasteiger partial charge in [-0.15, -0.1) is 0 Å². The Bertz CT molecular complexity index is 639. The van der Waals surface area contributed by atoms with E-state index in [1.54, 1.807) is 18.9 Å². The monoisotopic (exact) mass is 302 g/mol. The predicted molar refractivity (Wildman–Crippen MR) is 72.7 cm³/mol. The average Bonchev–Trinajstić information content (AvgIpc) is 3.13. The van der Waals surface area contributed by atoms with Crippen molar-refractivity contribution in [2.24, 2.45) is 5.14 Å². The molecule has 1 aliphatic rings. The predicted octanol–water partition coefficient (Wildman–Crippen LogP) is 1.53. The zero-order chi connectivity index (χ0) is 14.4. The zero-order valence-corrected chi connectivity index (χ0v) is 12.3. The van der Waals surface area contributed by atoms with Gasteiger partial charge < -0.3 is 4.90 Å². The molecule has 0 aliphatic heterocycles. The quantitative estimate of drug-likeness (QED) is 0.919. The average molecular weight is 303 g/mol. The van der Waals surface area contributed by atoms with Crippen molar-refractivity contribution in [2.75, 3.05) is 7.05 Å². The second-order valence-corrected chi connectivity index (χ2v) is 6.74. The van der Waals surface area contributed by atoms with Crippen molar-refractivity contribution in [1.82, 2.24) is 4.90 Å². The molecule has 1 aromatic carbocycles. The van der Waals surface area contributed by atoms with E-state index in [1.165, 1.54) is 12.1 Å². The Kier molecular flexibility index (Phi) is 3.59. The summed E-state index contributed by atoms with van der Waals surface area (Å²) < 4.78 is 22.8. The van der Waals surface area contributed by atoms with Crippen LogP contribution in [-0.2, 0) is 10.0 Å². The smallest absolute Gasteiger partial charge is 0.254 e. The number of sulfonamides is 1. The van der Waals surface area contributed by atoms with Gasteiger partial charge in [0.2, 0.25) is 10.0 Å². The third-order valence-corrected chi connectivity index (χ3v) is 4.58. The van der Waals surface area contributed by atoms with Gasteiger partial charge in [0.05, 0.1) is 4.90 Å². The minimum absolute atomic E-state index is 0.143. The fourth-order valence-electron chi connectivity index (χ4n) is 1.86. The first-order valence-corrected chi connectivity index (χ1v) is 7.74. The number of benzene rings is 1. The fourth-order valence-corrected chi connectivity index (χ4v) is 2.71. The molecule has 1 amide bonds. The maximum absolute atomic E-state index is 12.3.